The Bertz CT molecular complexity index is 7380. The van der Waals surface area contributed by atoms with Gasteiger partial charge in [-0.2, -0.15) is 97.5 Å². The normalized spacial score (nSPS) is 11.5. The summed E-state index contributed by atoms with van der Waals surface area (Å²) < 4.78 is 10.4. The third kappa shape index (κ3) is 29.3. The Balaban J connectivity index is 0.000000114. The topological polar surface area (TPSA) is 320 Å². The van der Waals surface area contributed by atoms with E-state index in [2.05, 4.69) is 380 Å². The van der Waals surface area contributed by atoms with Gasteiger partial charge in [0.05, 0.1) is 75.3 Å². The molecule has 704 valence electrons. The molecule has 0 spiro atoms. The highest BCUT2D eigenvalue weighted by molar-refractivity contribution is 7.99. The molecule has 14 aromatic carbocycles. The minimum absolute atomic E-state index is 0.675. The molecule has 0 amide bonds. The molecule has 0 radical (unpaired) electrons. The van der Waals surface area contributed by atoms with E-state index < -0.39 is 0 Å². The van der Waals surface area contributed by atoms with Crippen molar-refractivity contribution >= 4 is 73.1 Å². The molecule has 0 saturated heterocycles. The molecule has 21 aromatic rings. The van der Waals surface area contributed by atoms with Crippen LogP contribution >= 0.6 is 23.4 Å². The number of nitrogens with one attached hydrogen (secondary N) is 8. The van der Waals surface area contributed by atoms with Gasteiger partial charge in [0.25, 0.3) is 0 Å². The zero-order chi connectivity index (χ0) is 96.4. The van der Waals surface area contributed by atoms with Crippen molar-refractivity contribution in [2.75, 3.05) is 35.6 Å². The first kappa shape index (κ1) is 96.3. The number of anilines is 3. The molecular weight excluding hydrogens is 1800 g/mol. The number of aromatic nitrogens is 15. The van der Waals surface area contributed by atoms with E-state index in [-0.39, 0.29) is 0 Å². The van der Waals surface area contributed by atoms with Crippen LogP contribution in [0.3, 0.4) is 0 Å². The van der Waals surface area contributed by atoms with Gasteiger partial charge < -0.3 is 24.8 Å². The maximum atomic E-state index is 5.90. The highest BCUT2D eigenvalue weighted by atomic mass is 35.5. The van der Waals surface area contributed by atoms with Gasteiger partial charge in [-0.15, -0.1) is 0 Å². The molecule has 0 aliphatic carbocycles. The summed E-state index contributed by atoms with van der Waals surface area (Å²) in [6, 6.07) is 123. The van der Waals surface area contributed by atoms with Gasteiger partial charge >= 0.3 is 0 Å². The van der Waals surface area contributed by atoms with E-state index in [9.17, 15) is 0 Å². The Kier molecular flexibility index (Phi) is 35.0. The van der Waals surface area contributed by atoms with Crippen molar-refractivity contribution in [1.29, 1.82) is 0 Å². The zero-order valence-electron chi connectivity index (χ0n) is 78.1. The van der Waals surface area contributed by atoms with Crippen LogP contribution < -0.4 is 16.0 Å². The molecule has 2 aliphatic rings. The smallest absolute Gasteiger partial charge is 0.113 e. The molecule has 8 N–H and O–H groups in total. The molecule has 24 nitrogen and oxygen atoms in total. The van der Waals surface area contributed by atoms with Crippen molar-refractivity contribution < 1.29 is 8.83 Å². The molecule has 7 aromatic heterocycles. The summed E-state index contributed by atoms with van der Waals surface area (Å²) in [6.07, 6.45) is 27.0. The van der Waals surface area contributed by atoms with Crippen molar-refractivity contribution in [3.05, 3.63) is 487 Å². The predicted molar refractivity (Wildman–Crippen MR) is 569 cm³/mol. The van der Waals surface area contributed by atoms with Gasteiger partial charge in [-0.3, -0.25) is 0 Å². The summed E-state index contributed by atoms with van der Waals surface area (Å²) >= 11 is 7.58. The molecule has 2 aliphatic heterocycles. The van der Waals surface area contributed by atoms with E-state index in [4.69, 9.17) is 20.4 Å². The second kappa shape index (κ2) is 51.7. The maximum absolute atomic E-state index is 5.90. The van der Waals surface area contributed by atoms with Crippen LogP contribution in [0.2, 0.25) is 5.02 Å². The van der Waals surface area contributed by atoms with Crippen LogP contribution in [0.15, 0.2) is 459 Å². The first-order valence-electron chi connectivity index (χ1n) is 47.1. The van der Waals surface area contributed by atoms with Crippen LogP contribution in [0.4, 0.5) is 17.1 Å². The third-order valence-corrected chi connectivity index (χ3v) is 24.8. The minimum atomic E-state index is 0.675. The summed E-state index contributed by atoms with van der Waals surface area (Å²) in [4.78, 5) is 2.28. The van der Waals surface area contributed by atoms with Crippen molar-refractivity contribution in [1.82, 2.24) is 77.1 Å². The molecule has 142 heavy (non-hydrogen) atoms. The fraction of sp³-hybridized carbons (Fsp3) is 0.121. The molecule has 0 saturated carbocycles. The minimum Gasteiger partial charge on any atom is -0.472 e. The number of halogens is 1. The highest BCUT2D eigenvalue weighted by Crippen LogP contribution is 2.36. The first-order chi connectivity index (χ1) is 70.3. The third-order valence-electron chi connectivity index (χ3n) is 23.4. The molecule has 0 atom stereocenters. The lowest BCUT2D eigenvalue weighted by molar-refractivity contribution is 0.508. The summed E-state index contributed by atoms with van der Waals surface area (Å²) in [5.41, 5.74) is 28.3. The summed E-state index contributed by atoms with van der Waals surface area (Å²) in [7, 11) is 0. The van der Waals surface area contributed by atoms with E-state index in [1.807, 2.05) is 103 Å². The highest BCUT2D eigenvalue weighted by Gasteiger charge is 2.14. The van der Waals surface area contributed by atoms with Gasteiger partial charge in [0.2, 0.25) is 0 Å². The zero-order valence-corrected chi connectivity index (χ0v) is 79.7. The van der Waals surface area contributed by atoms with E-state index in [1.165, 1.54) is 88.3 Å². The lowest BCUT2D eigenvalue weighted by Crippen LogP contribution is -2.03. The van der Waals surface area contributed by atoms with Crippen LogP contribution in [0.1, 0.15) is 74.2 Å². The SMILES string of the molecule is C1=C(c2cccc(NCCCc3ccccc3)c2)CN=N1.C1=C(c2cccc(NCc3ccc4ccccc4c3)c2)CN=N1.Clc1ccc(Sc2ccccc2-c2cn[nH]n2)cc1.c1cc(CCc2ccco2)cc(-c2cn[nH]n2)c1.c1cc(CCc2ccoc2)cc(-c2cn[nH]n2)c1.c1cc(NCc2cccc3ccccc23)cc(-c2cn[nH]n2)c1.c1ccc(CCCc2cccc(-c3cn[nH]n3)c2)cc1. The number of furan rings is 2. The van der Waals surface area contributed by atoms with Gasteiger partial charge in [0.15, 0.2) is 0 Å². The Morgan fingerprint density at radius 3 is 1.32 bits per heavy atom. The van der Waals surface area contributed by atoms with Crippen LogP contribution in [0.25, 0.3) is 89.0 Å². The van der Waals surface area contributed by atoms with Gasteiger partial charge in [0, 0.05) is 96.9 Å². The maximum Gasteiger partial charge on any atom is 0.113 e. The number of aromatic amines is 5. The van der Waals surface area contributed by atoms with Crippen molar-refractivity contribution in [2.45, 2.75) is 80.7 Å². The standard InChI is InChI=1S/C20H17N3.C19H16N4.C18H19N3.C17H17N3.C14H10ClN3S.2C14H13N3O/c1-2-5-17-10-15(8-9-16(17)4-1)12-21-20-7-3-6-18(11-20)19-13-22-23-14-19;1-2-10-18-14(5-1)6-3-8-16(18)12-20-17-9-4-7-15(11-17)19-13-21-23-22-19;1-2-6-15(7-3-1)8-5-11-19-18-10-4-9-16(12-18)17-13-20-21-14-17;1-2-6-14(7-3-1)8-4-9-15-10-5-11-16(12-15)17-13-18-20-19-17;15-10-5-7-11(8-6-10)19-14-4-2-1-3-12(14)13-9-16-18-17-13;1-3-11(6-7-13-5-2-8-18-13)9-12(4-1)14-10-15-17-16-14;1-2-11(4-5-12-6-7-18-10-12)8-13(3-1)14-9-15-17-16-14/h1-11,13,21H,12,14H2;1-11,13,20H,12H2,(H,21,22,23);1-4,6-7,9-10,12-13,19H,5,8,11,14H2;1-3,5-7,10-13H,4,8-9H2,(H,18,19,20);1-9H,(H,16,17,18);1-5,8-10H,6-7H2,(H,15,16,17);1-3,6-10H,4-5H2,(H,15,16,17). The Morgan fingerprint density at radius 2 is 0.775 bits per heavy atom. The van der Waals surface area contributed by atoms with E-state index in [0.717, 1.165) is 171 Å². The number of benzene rings is 14. The second-order valence-corrected chi connectivity index (χ2v) is 35.0. The molecule has 0 bridgehead atoms. The molecule has 0 fully saturated rings. The number of fused-ring (bicyclic) bond motifs is 2. The molecule has 9 heterocycles. The number of hydrogen-bond acceptors (Lipinski definition) is 20. The number of hydrogen-bond donors (Lipinski definition) is 8. The number of aryl methyl sites for hydroxylation is 7. The van der Waals surface area contributed by atoms with Crippen molar-refractivity contribution in [2.24, 2.45) is 20.5 Å². The lowest BCUT2D eigenvalue weighted by atomic mass is 10.0. The fourth-order valence-electron chi connectivity index (χ4n) is 16.0. The van der Waals surface area contributed by atoms with Crippen molar-refractivity contribution in [3.8, 4) is 56.3 Å². The fourth-order valence-corrected chi connectivity index (χ4v) is 17.1. The lowest BCUT2D eigenvalue weighted by Gasteiger charge is -2.10. The number of H-pyrrole nitrogens is 5. The monoisotopic (exact) mass is 1900 g/mol. The largest absolute Gasteiger partial charge is 0.472 e. The summed E-state index contributed by atoms with van der Waals surface area (Å²) in [6.45, 7) is 3.93. The van der Waals surface area contributed by atoms with Gasteiger partial charge in [0.1, 0.15) is 34.2 Å². The Hall–Kier alpha value is -17.4. The van der Waals surface area contributed by atoms with E-state index >= 15 is 0 Å². The molecular formula is C116H105ClN22O2S. The summed E-state index contributed by atoms with van der Waals surface area (Å²) in [5, 5.41) is 85.2. The van der Waals surface area contributed by atoms with Crippen LogP contribution in [-0.4, -0.2) is 96.7 Å². The quantitative estimate of drug-likeness (QED) is 0.0194. The van der Waals surface area contributed by atoms with Crippen LogP contribution in [0.5, 0.6) is 0 Å². The van der Waals surface area contributed by atoms with Gasteiger partial charge in [-0.1, -0.05) is 272 Å². The number of nitrogens with zero attached hydrogens (tertiary/aromatic N) is 14. The number of azo groups is 2. The van der Waals surface area contributed by atoms with Crippen LogP contribution in [-0.2, 0) is 58.0 Å². The van der Waals surface area contributed by atoms with Gasteiger partial charge in [-0.05, 0) is 238 Å². The predicted octanol–water partition coefficient (Wildman–Crippen LogP) is 27.7. The average Bonchev–Trinajstić information content (AvgIpc) is 1.04. The van der Waals surface area contributed by atoms with Crippen LogP contribution in [0, 0.1) is 0 Å². The Labute approximate surface area is 833 Å². The average molecular weight is 1910 g/mol. The summed E-state index contributed by atoms with van der Waals surface area (Å²) in [5.74, 6) is 1.02. The van der Waals surface area contributed by atoms with E-state index in [0.29, 0.717) is 13.1 Å². The number of rotatable bonds is 30. The van der Waals surface area contributed by atoms with Gasteiger partial charge in [-0.25, -0.2) is 0 Å². The molecule has 0 unspecified atom stereocenters. The van der Waals surface area contributed by atoms with Crippen molar-refractivity contribution in [3.63, 3.8) is 0 Å². The first-order valence-corrected chi connectivity index (χ1v) is 48.3. The molecule has 26 heteroatoms. The Morgan fingerprint density at radius 1 is 0.317 bits per heavy atom. The van der Waals surface area contributed by atoms with E-state index in [1.54, 1.807) is 61.5 Å². The second-order valence-electron chi connectivity index (χ2n) is 33.4. The molecule has 23 rings (SSSR count).